The third-order valence-electron chi connectivity index (χ3n) is 7.76. The summed E-state index contributed by atoms with van der Waals surface area (Å²) in [4.78, 5) is 14.0. The molecule has 2 fully saturated rings. The summed E-state index contributed by atoms with van der Waals surface area (Å²) in [6.45, 7) is 0. The lowest BCUT2D eigenvalue weighted by atomic mass is 9.75. The van der Waals surface area contributed by atoms with Gasteiger partial charge in [-0.1, -0.05) is 44.2 Å². The number of methoxy groups -OCH3 is 1. The molecule has 1 amide bonds. The molecule has 3 aliphatic rings. The molecule has 2 aromatic rings. The predicted octanol–water partition coefficient (Wildman–Crippen LogP) is 5.78. The summed E-state index contributed by atoms with van der Waals surface area (Å²) in [6.07, 6.45) is 10.0. The van der Waals surface area contributed by atoms with Crippen molar-refractivity contribution < 1.29 is 13.9 Å². The molecular formula is C27H34FN3O2. The Kier molecular flexibility index (Phi) is 6.17. The van der Waals surface area contributed by atoms with Crippen LogP contribution in [0.5, 0.6) is 5.75 Å². The smallest absolute Gasteiger partial charge is 0.228 e. The number of hydrogen-bond acceptors (Lipinski definition) is 4. The number of rotatable bonds is 6. The van der Waals surface area contributed by atoms with Crippen LogP contribution in [0.25, 0.3) is 0 Å². The lowest BCUT2D eigenvalue weighted by molar-refractivity contribution is -0.129. The molecule has 2 unspecified atom stereocenters. The first-order chi connectivity index (χ1) is 16.1. The molecule has 0 saturated heterocycles. The van der Waals surface area contributed by atoms with Crippen LogP contribution in [0.15, 0.2) is 42.5 Å². The molecule has 33 heavy (non-hydrogen) atoms. The van der Waals surface area contributed by atoms with Crippen LogP contribution >= 0.6 is 0 Å². The molecule has 176 valence electrons. The summed E-state index contributed by atoms with van der Waals surface area (Å²) in [5, 5.41) is 10.8. The number of carbonyl (C=O) groups is 1. The minimum absolute atomic E-state index is 0.0953. The van der Waals surface area contributed by atoms with Gasteiger partial charge in [0.1, 0.15) is 17.2 Å². The number of anilines is 2. The predicted molar refractivity (Wildman–Crippen MR) is 129 cm³/mol. The van der Waals surface area contributed by atoms with E-state index in [9.17, 15) is 9.18 Å². The van der Waals surface area contributed by atoms with Gasteiger partial charge in [0.2, 0.25) is 5.91 Å². The largest absolute Gasteiger partial charge is 0.497 e. The fraction of sp³-hybridized carbons (Fsp3) is 0.519. The van der Waals surface area contributed by atoms with Crippen LogP contribution in [0.3, 0.4) is 0 Å². The topological polar surface area (TPSA) is 62.4 Å². The maximum Gasteiger partial charge on any atom is 0.228 e. The SMILES string of the molecule is COc1ccc2c(c1)NC(c1ccc(F)cc1)(C(C(=O)NC1CCCCC1)C1CCCC1)N2. The highest BCUT2D eigenvalue weighted by molar-refractivity contribution is 5.87. The van der Waals surface area contributed by atoms with Gasteiger partial charge in [-0.3, -0.25) is 4.79 Å². The van der Waals surface area contributed by atoms with E-state index in [-0.39, 0.29) is 29.6 Å². The first-order valence-electron chi connectivity index (χ1n) is 12.4. The number of ether oxygens (including phenoxy) is 1. The van der Waals surface area contributed by atoms with E-state index in [1.807, 2.05) is 18.2 Å². The molecule has 1 heterocycles. The Morgan fingerprint density at radius 3 is 2.33 bits per heavy atom. The molecule has 5 nitrogen and oxygen atoms in total. The van der Waals surface area contributed by atoms with E-state index in [1.54, 1.807) is 19.2 Å². The van der Waals surface area contributed by atoms with Gasteiger partial charge in [0, 0.05) is 12.1 Å². The van der Waals surface area contributed by atoms with Gasteiger partial charge >= 0.3 is 0 Å². The van der Waals surface area contributed by atoms with E-state index in [4.69, 9.17) is 4.74 Å². The lowest BCUT2D eigenvalue weighted by Crippen LogP contribution is -2.56. The fourth-order valence-electron chi connectivity index (χ4n) is 6.10. The zero-order valence-electron chi connectivity index (χ0n) is 19.3. The average molecular weight is 452 g/mol. The Morgan fingerprint density at radius 2 is 1.64 bits per heavy atom. The van der Waals surface area contributed by atoms with Gasteiger partial charge in [-0.2, -0.15) is 0 Å². The first kappa shape index (κ1) is 22.1. The summed E-state index contributed by atoms with van der Waals surface area (Å²) >= 11 is 0. The third kappa shape index (κ3) is 4.28. The maximum atomic E-state index is 14.0. The minimum Gasteiger partial charge on any atom is -0.497 e. The number of carbonyl (C=O) groups excluding carboxylic acids is 1. The van der Waals surface area contributed by atoms with Gasteiger partial charge in [-0.05, 0) is 61.4 Å². The molecule has 3 N–H and O–H groups in total. The molecule has 0 radical (unpaired) electrons. The molecule has 1 aliphatic heterocycles. The highest BCUT2D eigenvalue weighted by Gasteiger charge is 2.52. The van der Waals surface area contributed by atoms with Gasteiger partial charge in [-0.25, -0.2) is 4.39 Å². The zero-order valence-corrected chi connectivity index (χ0v) is 19.3. The Morgan fingerprint density at radius 1 is 0.970 bits per heavy atom. The Bertz CT molecular complexity index is 983. The number of amides is 1. The Hall–Kier alpha value is -2.76. The molecule has 2 saturated carbocycles. The number of halogens is 1. The Labute approximate surface area is 195 Å². The summed E-state index contributed by atoms with van der Waals surface area (Å²) < 4.78 is 19.3. The standard InChI is InChI=1S/C27H34FN3O2/c1-33-22-15-16-23-24(17-22)31-27(30-23,19-11-13-20(28)14-12-19)25(18-7-5-6-8-18)26(32)29-21-9-3-2-4-10-21/h11-18,21,25,30-31H,2-10H2,1H3,(H,29,32). The van der Waals surface area contributed by atoms with E-state index in [0.717, 1.165) is 61.2 Å². The van der Waals surface area contributed by atoms with Crippen molar-refractivity contribution in [2.24, 2.45) is 11.8 Å². The fourth-order valence-corrected chi connectivity index (χ4v) is 6.10. The summed E-state index contributed by atoms with van der Waals surface area (Å²) in [7, 11) is 1.65. The number of fused-ring (bicyclic) bond motifs is 1. The second-order valence-electron chi connectivity index (χ2n) is 9.84. The molecule has 0 bridgehead atoms. The lowest BCUT2D eigenvalue weighted by Gasteiger charge is -2.42. The third-order valence-corrected chi connectivity index (χ3v) is 7.76. The van der Waals surface area contributed by atoms with Gasteiger partial charge < -0.3 is 20.7 Å². The van der Waals surface area contributed by atoms with Crippen LogP contribution in [-0.2, 0) is 10.5 Å². The van der Waals surface area contributed by atoms with Crippen molar-refractivity contribution in [2.45, 2.75) is 69.5 Å². The molecule has 2 aliphatic carbocycles. The second kappa shape index (κ2) is 9.24. The average Bonchev–Trinajstić information content (AvgIpc) is 3.48. The van der Waals surface area contributed by atoms with Crippen molar-refractivity contribution in [3.05, 3.63) is 53.8 Å². The summed E-state index contributed by atoms with van der Waals surface area (Å²) in [6, 6.07) is 12.7. The number of benzene rings is 2. The summed E-state index contributed by atoms with van der Waals surface area (Å²) in [5.74, 6) is 0.482. The van der Waals surface area contributed by atoms with Gasteiger partial charge in [-0.15, -0.1) is 0 Å². The zero-order chi connectivity index (χ0) is 22.8. The second-order valence-corrected chi connectivity index (χ2v) is 9.84. The number of nitrogens with one attached hydrogen (secondary N) is 3. The van der Waals surface area contributed by atoms with Crippen molar-refractivity contribution in [3.8, 4) is 5.75 Å². The van der Waals surface area contributed by atoms with E-state index in [1.165, 1.54) is 31.4 Å². The highest BCUT2D eigenvalue weighted by Crippen LogP contribution is 2.50. The molecule has 5 rings (SSSR count). The number of hydrogen-bond donors (Lipinski definition) is 3. The van der Waals surface area contributed by atoms with Crippen LogP contribution in [0.2, 0.25) is 0 Å². The normalized spacial score (nSPS) is 23.9. The molecule has 2 atom stereocenters. The monoisotopic (exact) mass is 451 g/mol. The van der Waals surface area contributed by atoms with Crippen molar-refractivity contribution in [2.75, 3.05) is 17.7 Å². The van der Waals surface area contributed by atoms with Crippen molar-refractivity contribution in [1.82, 2.24) is 5.32 Å². The van der Waals surface area contributed by atoms with E-state index in [0.29, 0.717) is 0 Å². The van der Waals surface area contributed by atoms with Gasteiger partial charge in [0.25, 0.3) is 0 Å². The molecule has 6 heteroatoms. The van der Waals surface area contributed by atoms with E-state index in [2.05, 4.69) is 16.0 Å². The van der Waals surface area contributed by atoms with Crippen LogP contribution in [-0.4, -0.2) is 19.1 Å². The minimum atomic E-state index is -0.851. The van der Waals surface area contributed by atoms with Crippen molar-refractivity contribution in [3.63, 3.8) is 0 Å². The molecular weight excluding hydrogens is 417 g/mol. The maximum absolute atomic E-state index is 14.0. The molecule has 0 spiro atoms. The molecule has 2 aromatic carbocycles. The first-order valence-corrected chi connectivity index (χ1v) is 12.4. The van der Waals surface area contributed by atoms with Gasteiger partial charge in [0.15, 0.2) is 0 Å². The Balaban J connectivity index is 1.56. The summed E-state index contributed by atoms with van der Waals surface area (Å²) in [5.41, 5.74) is 1.84. The van der Waals surface area contributed by atoms with Crippen LogP contribution in [0.1, 0.15) is 63.4 Å². The van der Waals surface area contributed by atoms with Crippen molar-refractivity contribution >= 4 is 17.3 Å². The highest BCUT2D eigenvalue weighted by atomic mass is 19.1. The van der Waals surface area contributed by atoms with Crippen LogP contribution < -0.4 is 20.7 Å². The van der Waals surface area contributed by atoms with Crippen LogP contribution in [0, 0.1) is 17.7 Å². The van der Waals surface area contributed by atoms with Crippen LogP contribution in [0.4, 0.5) is 15.8 Å². The van der Waals surface area contributed by atoms with Gasteiger partial charge in [0.05, 0.1) is 24.4 Å². The van der Waals surface area contributed by atoms with E-state index < -0.39 is 5.66 Å². The molecule has 0 aromatic heterocycles. The quantitative estimate of drug-likeness (QED) is 0.521. The van der Waals surface area contributed by atoms with Crippen molar-refractivity contribution in [1.29, 1.82) is 0 Å². The van der Waals surface area contributed by atoms with E-state index >= 15 is 0 Å².